The molecule has 0 radical (unpaired) electrons. The van der Waals surface area contributed by atoms with E-state index in [-0.39, 0.29) is 23.2 Å². The maximum atomic E-state index is 12.8. The Labute approximate surface area is 178 Å². The largest absolute Gasteiger partial charge is 0.493 e. The summed E-state index contributed by atoms with van der Waals surface area (Å²) < 4.78 is 21.3. The number of aromatic nitrogens is 2. The minimum atomic E-state index is -0.455. The Balaban J connectivity index is 1.59. The first-order valence-corrected chi connectivity index (χ1v) is 9.58. The normalized spacial score (nSPS) is 15.2. The number of benzene rings is 1. The number of nitrogens with one attached hydrogen (secondary N) is 1. The van der Waals surface area contributed by atoms with Crippen molar-refractivity contribution in [2.24, 2.45) is 0 Å². The Hall–Kier alpha value is -3.88. The van der Waals surface area contributed by atoms with Crippen LogP contribution in [0.15, 0.2) is 41.1 Å². The lowest BCUT2D eigenvalue weighted by Crippen LogP contribution is -2.22. The molecule has 1 amide bonds. The lowest BCUT2D eigenvalue weighted by atomic mass is 9.85. The summed E-state index contributed by atoms with van der Waals surface area (Å²) in [5.74, 6) is 1.33. The molecule has 160 valence electrons. The summed E-state index contributed by atoms with van der Waals surface area (Å²) in [5.41, 5.74) is 1.32. The van der Waals surface area contributed by atoms with Crippen LogP contribution < -0.4 is 19.5 Å². The van der Waals surface area contributed by atoms with E-state index in [1.807, 2.05) is 6.07 Å². The van der Waals surface area contributed by atoms with Gasteiger partial charge in [-0.1, -0.05) is 0 Å². The van der Waals surface area contributed by atoms with Gasteiger partial charge < -0.3 is 18.6 Å². The molecule has 3 aromatic rings. The number of carbonyl (C=O) groups is 2. The molecule has 9 heteroatoms. The number of Topliss-reactive ketones (excluding diaryl/α,β-unsaturated/α-hetero) is 1. The Morgan fingerprint density at radius 1 is 1.13 bits per heavy atom. The topological polar surface area (TPSA) is 113 Å². The van der Waals surface area contributed by atoms with Crippen molar-refractivity contribution in [3.63, 3.8) is 0 Å². The molecule has 1 aliphatic rings. The van der Waals surface area contributed by atoms with Gasteiger partial charge in [-0.25, -0.2) is 9.97 Å². The van der Waals surface area contributed by atoms with Crippen molar-refractivity contribution < 1.29 is 28.2 Å². The highest BCUT2D eigenvalue weighted by atomic mass is 16.5. The van der Waals surface area contributed by atoms with E-state index in [1.165, 1.54) is 39.7 Å². The lowest BCUT2D eigenvalue weighted by molar-refractivity contribution is 0.0958. The van der Waals surface area contributed by atoms with Crippen LogP contribution in [0, 0.1) is 0 Å². The summed E-state index contributed by atoms with van der Waals surface area (Å²) in [6.45, 7) is 0. The second-order valence-electron chi connectivity index (χ2n) is 6.97. The first-order chi connectivity index (χ1) is 15.0. The highest BCUT2D eigenvalue weighted by molar-refractivity contribution is 6.04. The summed E-state index contributed by atoms with van der Waals surface area (Å²) >= 11 is 0. The Morgan fingerprint density at radius 2 is 1.87 bits per heavy atom. The van der Waals surface area contributed by atoms with Gasteiger partial charge in [-0.15, -0.1) is 0 Å². The van der Waals surface area contributed by atoms with E-state index in [2.05, 4.69) is 15.3 Å². The van der Waals surface area contributed by atoms with Crippen LogP contribution in [-0.2, 0) is 6.42 Å². The monoisotopic (exact) mass is 423 g/mol. The molecule has 0 bridgehead atoms. The van der Waals surface area contributed by atoms with Crippen LogP contribution in [0.3, 0.4) is 0 Å². The number of amides is 1. The number of rotatable bonds is 6. The number of ketones is 1. The number of hydrogen-bond donors (Lipinski definition) is 1. The smallest absolute Gasteiger partial charge is 0.258 e. The minimum Gasteiger partial charge on any atom is -0.493 e. The van der Waals surface area contributed by atoms with Gasteiger partial charge in [0.1, 0.15) is 5.76 Å². The molecule has 0 spiro atoms. The van der Waals surface area contributed by atoms with Crippen LogP contribution in [0.2, 0.25) is 0 Å². The number of ether oxygens (including phenoxy) is 3. The number of hydrogen-bond acceptors (Lipinski definition) is 8. The number of carbonyl (C=O) groups excluding carboxylic acids is 2. The molecule has 1 atom stereocenters. The van der Waals surface area contributed by atoms with Crippen molar-refractivity contribution >= 4 is 17.6 Å². The highest BCUT2D eigenvalue weighted by Crippen LogP contribution is 2.38. The summed E-state index contributed by atoms with van der Waals surface area (Å²) in [6.07, 6.45) is 3.89. The molecular weight excluding hydrogens is 402 g/mol. The third kappa shape index (κ3) is 3.94. The second kappa shape index (κ2) is 8.47. The van der Waals surface area contributed by atoms with Crippen molar-refractivity contribution in [2.45, 2.75) is 18.8 Å². The van der Waals surface area contributed by atoms with E-state index in [4.69, 9.17) is 18.6 Å². The molecule has 2 aromatic heterocycles. The van der Waals surface area contributed by atoms with Gasteiger partial charge in [0.25, 0.3) is 5.91 Å². The summed E-state index contributed by atoms with van der Waals surface area (Å²) in [5, 5.41) is 2.67. The van der Waals surface area contributed by atoms with E-state index in [0.29, 0.717) is 41.3 Å². The van der Waals surface area contributed by atoms with Crippen molar-refractivity contribution in [3.05, 3.63) is 59.3 Å². The van der Waals surface area contributed by atoms with Gasteiger partial charge in [0.15, 0.2) is 17.3 Å². The van der Waals surface area contributed by atoms with Gasteiger partial charge in [-0.05, 0) is 24.3 Å². The van der Waals surface area contributed by atoms with Gasteiger partial charge in [0.2, 0.25) is 11.7 Å². The van der Waals surface area contributed by atoms with Crippen molar-refractivity contribution in [1.29, 1.82) is 0 Å². The number of anilines is 1. The zero-order chi connectivity index (χ0) is 22.0. The van der Waals surface area contributed by atoms with Gasteiger partial charge >= 0.3 is 0 Å². The highest BCUT2D eigenvalue weighted by Gasteiger charge is 2.29. The average molecular weight is 423 g/mol. The van der Waals surface area contributed by atoms with Gasteiger partial charge in [0.05, 0.1) is 38.8 Å². The van der Waals surface area contributed by atoms with Crippen molar-refractivity contribution in [3.8, 4) is 17.2 Å². The molecule has 1 aromatic carbocycles. The fourth-order valence-corrected chi connectivity index (χ4v) is 3.62. The first kappa shape index (κ1) is 20.4. The average Bonchev–Trinajstić information content (AvgIpc) is 3.32. The minimum absolute atomic E-state index is 0.0508. The van der Waals surface area contributed by atoms with Crippen molar-refractivity contribution in [2.75, 3.05) is 26.6 Å². The SMILES string of the molecule is COc1cc(C(=O)Nc2ncc3c(n2)C[C@@H](c2ccco2)CC3=O)cc(OC)c1OC. The zero-order valence-electron chi connectivity index (χ0n) is 17.3. The van der Waals surface area contributed by atoms with Crippen LogP contribution in [0.5, 0.6) is 17.2 Å². The molecule has 0 fully saturated rings. The summed E-state index contributed by atoms with van der Waals surface area (Å²) in [6, 6.07) is 6.70. The van der Waals surface area contributed by atoms with E-state index < -0.39 is 5.91 Å². The Kier molecular flexibility index (Phi) is 5.57. The fourth-order valence-electron chi connectivity index (χ4n) is 3.62. The van der Waals surface area contributed by atoms with Gasteiger partial charge in [-0.3, -0.25) is 14.9 Å². The van der Waals surface area contributed by atoms with Crippen LogP contribution in [-0.4, -0.2) is 43.0 Å². The summed E-state index contributed by atoms with van der Waals surface area (Å²) in [4.78, 5) is 33.9. The Morgan fingerprint density at radius 3 is 2.48 bits per heavy atom. The molecular formula is C22H21N3O6. The Bertz CT molecular complexity index is 1100. The number of nitrogens with zero attached hydrogens (tertiary/aromatic N) is 2. The summed E-state index contributed by atoms with van der Waals surface area (Å²) in [7, 11) is 4.42. The van der Waals surface area contributed by atoms with Crippen LogP contribution in [0.4, 0.5) is 5.95 Å². The van der Waals surface area contributed by atoms with Crippen LogP contribution in [0.1, 0.15) is 44.5 Å². The standard InChI is InChI=1S/C22H21N3O6/c1-28-18-9-13(10-19(29-2)20(18)30-3)21(27)25-22-23-11-14-15(24-22)7-12(8-16(14)26)17-5-4-6-31-17/h4-6,9-12H,7-8H2,1-3H3,(H,23,24,25,27)/t12-/m1/s1. The molecule has 9 nitrogen and oxygen atoms in total. The fraction of sp³-hybridized carbons (Fsp3) is 0.273. The number of methoxy groups -OCH3 is 3. The van der Waals surface area contributed by atoms with Gasteiger partial charge in [0, 0.05) is 30.5 Å². The zero-order valence-corrected chi connectivity index (χ0v) is 17.3. The molecule has 1 N–H and O–H groups in total. The quantitative estimate of drug-likeness (QED) is 0.643. The van der Waals surface area contributed by atoms with Crippen molar-refractivity contribution in [1.82, 2.24) is 9.97 Å². The first-order valence-electron chi connectivity index (χ1n) is 9.58. The maximum Gasteiger partial charge on any atom is 0.258 e. The number of fused-ring (bicyclic) bond motifs is 1. The molecule has 1 aliphatic carbocycles. The van der Waals surface area contributed by atoms with E-state index in [9.17, 15) is 9.59 Å². The van der Waals surface area contributed by atoms with E-state index in [1.54, 1.807) is 12.3 Å². The predicted octanol–water partition coefficient (Wildman–Crippen LogP) is 3.26. The third-order valence-corrected chi connectivity index (χ3v) is 5.14. The predicted molar refractivity (Wildman–Crippen MR) is 110 cm³/mol. The molecule has 0 saturated carbocycles. The second-order valence-corrected chi connectivity index (χ2v) is 6.97. The third-order valence-electron chi connectivity index (χ3n) is 5.14. The maximum absolute atomic E-state index is 12.8. The molecule has 0 unspecified atom stereocenters. The van der Waals surface area contributed by atoms with E-state index in [0.717, 1.165) is 5.76 Å². The van der Waals surface area contributed by atoms with E-state index >= 15 is 0 Å². The molecule has 0 aliphatic heterocycles. The van der Waals surface area contributed by atoms with Gasteiger partial charge in [-0.2, -0.15) is 0 Å². The molecule has 4 rings (SSSR count). The lowest BCUT2D eigenvalue weighted by Gasteiger charge is -2.21. The molecule has 31 heavy (non-hydrogen) atoms. The van der Waals surface area contributed by atoms with Crippen LogP contribution >= 0.6 is 0 Å². The van der Waals surface area contributed by atoms with Crippen LogP contribution in [0.25, 0.3) is 0 Å². The number of furan rings is 1. The molecule has 0 saturated heterocycles. The molecule has 2 heterocycles.